The Morgan fingerprint density at radius 2 is 1.83 bits per heavy atom. The summed E-state index contributed by atoms with van der Waals surface area (Å²) >= 11 is 0. The monoisotopic (exact) mass is 416 g/mol. The van der Waals surface area contributed by atoms with Crippen LogP contribution in [0.4, 0.5) is 5.82 Å². The zero-order valence-electron chi connectivity index (χ0n) is 16.9. The third-order valence-corrected chi connectivity index (χ3v) is 7.40. The van der Waals surface area contributed by atoms with Crippen molar-refractivity contribution < 1.29 is 13.2 Å². The molecule has 0 unspecified atom stereocenters. The van der Waals surface area contributed by atoms with Gasteiger partial charge in [0.2, 0.25) is 10.0 Å². The molecular formula is C21H28N4O3S. The Hall–Kier alpha value is -2.03. The number of fused-ring (bicyclic) bond motifs is 1. The van der Waals surface area contributed by atoms with Crippen LogP contribution < -0.4 is 4.90 Å². The maximum atomic E-state index is 12.8. The normalized spacial score (nSPS) is 17.9. The molecule has 1 aromatic carbocycles. The van der Waals surface area contributed by atoms with E-state index in [0.717, 1.165) is 42.1 Å². The van der Waals surface area contributed by atoms with Crippen molar-refractivity contribution in [1.82, 2.24) is 14.3 Å². The number of hydrogen-bond acceptors (Lipinski definition) is 6. The molecule has 8 heteroatoms. The molecule has 2 aliphatic rings. The standard InChI is InChI=1S/C21H28N4O3S/c1-2-3-15-29(26,27)25-10-9-19-18(16-25)21(24-11-13-28-14-12-24)23-20(22-19)17-7-5-4-6-8-17/h4-8H,2-3,9-16H2,1H3. The van der Waals surface area contributed by atoms with Gasteiger partial charge in [0.15, 0.2) is 5.82 Å². The SMILES string of the molecule is CCCCS(=O)(=O)N1CCc2nc(-c3ccccc3)nc(N3CCOCC3)c2C1. The topological polar surface area (TPSA) is 75.6 Å². The van der Waals surface area contributed by atoms with Crippen LogP contribution in [0.25, 0.3) is 11.4 Å². The molecule has 29 heavy (non-hydrogen) atoms. The molecule has 156 valence electrons. The lowest BCUT2D eigenvalue weighted by atomic mass is 10.1. The van der Waals surface area contributed by atoms with Crippen LogP contribution in [-0.4, -0.2) is 61.3 Å². The van der Waals surface area contributed by atoms with Gasteiger partial charge < -0.3 is 9.64 Å². The van der Waals surface area contributed by atoms with E-state index >= 15 is 0 Å². The van der Waals surface area contributed by atoms with Gasteiger partial charge in [-0.2, -0.15) is 4.31 Å². The summed E-state index contributed by atoms with van der Waals surface area (Å²) in [5.41, 5.74) is 2.88. The van der Waals surface area contributed by atoms with Gasteiger partial charge in [0.25, 0.3) is 0 Å². The van der Waals surface area contributed by atoms with Crippen molar-refractivity contribution in [3.63, 3.8) is 0 Å². The second-order valence-electron chi connectivity index (χ2n) is 7.51. The number of anilines is 1. The van der Waals surface area contributed by atoms with Crippen LogP contribution in [0, 0.1) is 0 Å². The molecule has 0 N–H and O–H groups in total. The van der Waals surface area contributed by atoms with E-state index in [0.29, 0.717) is 45.0 Å². The molecule has 2 aliphatic heterocycles. The molecule has 1 aromatic heterocycles. The van der Waals surface area contributed by atoms with Crippen LogP contribution in [0.5, 0.6) is 0 Å². The minimum Gasteiger partial charge on any atom is -0.378 e. The molecule has 2 aromatic rings. The van der Waals surface area contributed by atoms with E-state index in [1.54, 1.807) is 4.31 Å². The fraction of sp³-hybridized carbons (Fsp3) is 0.524. The molecule has 0 amide bonds. The quantitative estimate of drug-likeness (QED) is 0.720. The smallest absolute Gasteiger partial charge is 0.214 e. The van der Waals surface area contributed by atoms with Crippen LogP contribution in [0.1, 0.15) is 31.0 Å². The van der Waals surface area contributed by atoms with Gasteiger partial charge >= 0.3 is 0 Å². The fourth-order valence-electron chi connectivity index (χ4n) is 3.82. The number of unbranched alkanes of at least 4 members (excludes halogenated alkanes) is 1. The minimum absolute atomic E-state index is 0.203. The molecule has 7 nitrogen and oxygen atoms in total. The predicted molar refractivity (Wildman–Crippen MR) is 113 cm³/mol. The largest absolute Gasteiger partial charge is 0.378 e. The summed E-state index contributed by atoms with van der Waals surface area (Å²) < 4.78 is 32.7. The number of ether oxygens (including phenoxy) is 1. The van der Waals surface area contributed by atoms with Gasteiger partial charge in [0.1, 0.15) is 5.82 Å². The maximum Gasteiger partial charge on any atom is 0.214 e. The third-order valence-electron chi connectivity index (χ3n) is 5.50. The summed E-state index contributed by atoms with van der Waals surface area (Å²) in [7, 11) is -3.26. The highest BCUT2D eigenvalue weighted by Gasteiger charge is 2.31. The van der Waals surface area contributed by atoms with E-state index in [1.807, 2.05) is 37.3 Å². The lowest BCUT2D eigenvalue weighted by Crippen LogP contribution is -2.41. The first-order valence-corrected chi connectivity index (χ1v) is 11.9. The Labute approximate surface area is 172 Å². The predicted octanol–water partition coefficient (Wildman–Crippen LogP) is 2.47. The average molecular weight is 417 g/mol. The number of nitrogens with zero attached hydrogens (tertiary/aromatic N) is 4. The first kappa shape index (κ1) is 20.3. The van der Waals surface area contributed by atoms with Crippen molar-refractivity contribution in [2.45, 2.75) is 32.7 Å². The summed E-state index contributed by atoms with van der Waals surface area (Å²) in [4.78, 5) is 11.9. The molecule has 3 heterocycles. The summed E-state index contributed by atoms with van der Waals surface area (Å²) in [5.74, 6) is 1.76. The van der Waals surface area contributed by atoms with Crippen molar-refractivity contribution in [2.24, 2.45) is 0 Å². The molecule has 0 saturated carbocycles. The van der Waals surface area contributed by atoms with Crippen LogP contribution in [0.15, 0.2) is 30.3 Å². The van der Waals surface area contributed by atoms with Gasteiger partial charge in [-0.25, -0.2) is 18.4 Å². The van der Waals surface area contributed by atoms with Gasteiger partial charge in [-0.15, -0.1) is 0 Å². The van der Waals surface area contributed by atoms with Gasteiger partial charge in [0, 0.05) is 43.7 Å². The fourth-order valence-corrected chi connectivity index (χ4v) is 5.43. The van der Waals surface area contributed by atoms with E-state index in [-0.39, 0.29) is 5.75 Å². The first-order valence-electron chi connectivity index (χ1n) is 10.3. The zero-order valence-corrected chi connectivity index (χ0v) is 17.7. The number of morpholine rings is 1. The number of rotatable bonds is 6. The summed E-state index contributed by atoms with van der Waals surface area (Å²) in [6, 6.07) is 9.96. The molecule has 0 aliphatic carbocycles. The number of aromatic nitrogens is 2. The molecule has 1 saturated heterocycles. The third kappa shape index (κ3) is 4.44. The van der Waals surface area contributed by atoms with Crippen molar-refractivity contribution in [2.75, 3.05) is 43.5 Å². The Kier molecular flexibility index (Phi) is 6.12. The van der Waals surface area contributed by atoms with E-state index in [1.165, 1.54) is 0 Å². The Morgan fingerprint density at radius 3 is 2.55 bits per heavy atom. The van der Waals surface area contributed by atoms with E-state index < -0.39 is 10.0 Å². The van der Waals surface area contributed by atoms with Crippen molar-refractivity contribution >= 4 is 15.8 Å². The molecular weight excluding hydrogens is 388 g/mol. The van der Waals surface area contributed by atoms with Gasteiger partial charge in [-0.1, -0.05) is 43.7 Å². The van der Waals surface area contributed by atoms with Crippen molar-refractivity contribution in [1.29, 1.82) is 0 Å². The highest BCUT2D eigenvalue weighted by Crippen LogP contribution is 2.31. The highest BCUT2D eigenvalue weighted by molar-refractivity contribution is 7.89. The Bertz CT molecular complexity index is 944. The summed E-state index contributed by atoms with van der Waals surface area (Å²) in [6.07, 6.45) is 2.16. The molecule has 0 atom stereocenters. The lowest BCUT2D eigenvalue weighted by molar-refractivity contribution is 0.122. The highest BCUT2D eigenvalue weighted by atomic mass is 32.2. The van der Waals surface area contributed by atoms with Crippen LogP contribution in [0.2, 0.25) is 0 Å². The van der Waals surface area contributed by atoms with Gasteiger partial charge in [-0.3, -0.25) is 0 Å². The number of sulfonamides is 1. The average Bonchev–Trinajstić information content (AvgIpc) is 2.78. The maximum absolute atomic E-state index is 12.8. The minimum atomic E-state index is -3.26. The van der Waals surface area contributed by atoms with E-state index in [2.05, 4.69) is 4.90 Å². The van der Waals surface area contributed by atoms with Crippen molar-refractivity contribution in [3.05, 3.63) is 41.6 Å². The number of benzene rings is 1. The zero-order chi connectivity index (χ0) is 20.3. The molecule has 0 bridgehead atoms. The Balaban J connectivity index is 1.72. The summed E-state index contributed by atoms with van der Waals surface area (Å²) in [5, 5.41) is 0. The first-order chi connectivity index (χ1) is 14.1. The molecule has 0 radical (unpaired) electrons. The van der Waals surface area contributed by atoms with E-state index in [9.17, 15) is 8.42 Å². The Morgan fingerprint density at radius 1 is 1.07 bits per heavy atom. The van der Waals surface area contributed by atoms with Crippen LogP contribution >= 0.6 is 0 Å². The second-order valence-corrected chi connectivity index (χ2v) is 9.60. The molecule has 4 rings (SSSR count). The van der Waals surface area contributed by atoms with Gasteiger partial charge in [0.05, 0.1) is 24.7 Å². The molecule has 0 spiro atoms. The van der Waals surface area contributed by atoms with Crippen LogP contribution in [0.3, 0.4) is 0 Å². The van der Waals surface area contributed by atoms with Crippen molar-refractivity contribution in [3.8, 4) is 11.4 Å². The van der Waals surface area contributed by atoms with Crippen LogP contribution in [-0.2, 0) is 27.7 Å². The second kappa shape index (κ2) is 8.77. The number of hydrogen-bond donors (Lipinski definition) is 0. The van der Waals surface area contributed by atoms with E-state index in [4.69, 9.17) is 14.7 Å². The van der Waals surface area contributed by atoms with Gasteiger partial charge in [-0.05, 0) is 6.42 Å². The molecule has 1 fully saturated rings. The lowest BCUT2D eigenvalue weighted by Gasteiger charge is -2.34. The summed E-state index contributed by atoms with van der Waals surface area (Å²) in [6.45, 7) is 5.64.